The van der Waals surface area contributed by atoms with Crippen LogP contribution in [0.1, 0.15) is 6.42 Å². The van der Waals surface area contributed by atoms with Gasteiger partial charge in [-0.3, -0.25) is 4.98 Å². The molecule has 2 N–H and O–H groups in total. The van der Waals surface area contributed by atoms with E-state index < -0.39 is 0 Å². The second-order valence-electron chi connectivity index (χ2n) is 3.48. The minimum atomic E-state index is 0.778. The summed E-state index contributed by atoms with van der Waals surface area (Å²) in [6.07, 6.45) is 4.94. The van der Waals surface area contributed by atoms with Gasteiger partial charge in [-0.1, -0.05) is 0 Å². The van der Waals surface area contributed by atoms with Crippen molar-refractivity contribution >= 4 is 5.69 Å². The first kappa shape index (κ1) is 8.51. The maximum atomic E-state index is 4.05. The van der Waals surface area contributed by atoms with E-state index in [0.29, 0.717) is 0 Å². The van der Waals surface area contributed by atoms with Gasteiger partial charge in [0.25, 0.3) is 0 Å². The van der Waals surface area contributed by atoms with Gasteiger partial charge in [0.1, 0.15) is 0 Å². The molecule has 0 bridgehead atoms. The van der Waals surface area contributed by atoms with Gasteiger partial charge in [-0.15, -0.1) is 0 Å². The Balaban J connectivity index is 1.79. The maximum Gasteiger partial charge on any atom is 0.0526 e. The largest absolute Gasteiger partial charge is 0.383 e. The molecule has 13 heavy (non-hydrogen) atoms. The molecule has 0 aliphatic carbocycles. The zero-order valence-electron chi connectivity index (χ0n) is 7.66. The molecule has 1 aromatic rings. The summed E-state index contributed by atoms with van der Waals surface area (Å²) < 4.78 is 0. The number of hydrogen-bond donors (Lipinski definition) is 2. The number of aromatic nitrogens is 1. The molecule has 0 amide bonds. The van der Waals surface area contributed by atoms with Gasteiger partial charge in [0.15, 0.2) is 0 Å². The molecule has 3 nitrogen and oxygen atoms in total. The molecule has 0 radical (unpaired) electrons. The quantitative estimate of drug-likeness (QED) is 0.726. The van der Waals surface area contributed by atoms with Crippen LogP contribution < -0.4 is 10.6 Å². The van der Waals surface area contributed by atoms with Gasteiger partial charge in [-0.05, 0) is 37.6 Å². The fourth-order valence-corrected chi connectivity index (χ4v) is 1.62. The molecule has 70 valence electrons. The fourth-order valence-electron chi connectivity index (χ4n) is 1.62. The van der Waals surface area contributed by atoms with E-state index in [2.05, 4.69) is 21.7 Å². The molecule has 1 unspecified atom stereocenters. The van der Waals surface area contributed by atoms with Crippen molar-refractivity contribution in [1.29, 1.82) is 0 Å². The molecule has 0 saturated carbocycles. The number of rotatable bonds is 3. The summed E-state index contributed by atoms with van der Waals surface area (Å²) in [5.74, 6) is 0.778. The molecule has 1 aliphatic heterocycles. The van der Waals surface area contributed by atoms with Gasteiger partial charge in [0.05, 0.1) is 5.69 Å². The van der Waals surface area contributed by atoms with Crippen LogP contribution in [0.5, 0.6) is 0 Å². The van der Waals surface area contributed by atoms with Gasteiger partial charge >= 0.3 is 0 Å². The third kappa shape index (κ3) is 2.42. The van der Waals surface area contributed by atoms with Crippen molar-refractivity contribution in [3.05, 3.63) is 24.5 Å². The SMILES string of the molecule is c1cncc(NCC2CCNC2)c1. The van der Waals surface area contributed by atoms with E-state index in [4.69, 9.17) is 0 Å². The number of hydrogen-bond acceptors (Lipinski definition) is 3. The van der Waals surface area contributed by atoms with E-state index in [0.717, 1.165) is 24.7 Å². The molecule has 1 aliphatic rings. The van der Waals surface area contributed by atoms with E-state index in [1.807, 2.05) is 12.3 Å². The third-order valence-electron chi connectivity index (χ3n) is 2.42. The van der Waals surface area contributed by atoms with Crippen molar-refractivity contribution in [2.45, 2.75) is 6.42 Å². The maximum absolute atomic E-state index is 4.05. The van der Waals surface area contributed by atoms with Crippen LogP contribution in [0.15, 0.2) is 24.5 Å². The number of anilines is 1. The molecule has 1 fully saturated rings. The predicted molar refractivity (Wildman–Crippen MR) is 53.7 cm³/mol. The third-order valence-corrected chi connectivity index (χ3v) is 2.42. The average molecular weight is 177 g/mol. The van der Waals surface area contributed by atoms with Crippen molar-refractivity contribution in [2.75, 3.05) is 25.0 Å². The summed E-state index contributed by atoms with van der Waals surface area (Å²) >= 11 is 0. The van der Waals surface area contributed by atoms with Crippen molar-refractivity contribution < 1.29 is 0 Å². The molecular formula is C10H15N3. The second kappa shape index (κ2) is 4.23. The first-order valence-electron chi connectivity index (χ1n) is 4.80. The van der Waals surface area contributed by atoms with Crippen molar-refractivity contribution in [3.63, 3.8) is 0 Å². The molecule has 0 spiro atoms. The lowest BCUT2D eigenvalue weighted by Gasteiger charge is -2.10. The van der Waals surface area contributed by atoms with Gasteiger partial charge in [-0.25, -0.2) is 0 Å². The van der Waals surface area contributed by atoms with Crippen LogP contribution in [0, 0.1) is 5.92 Å². The fraction of sp³-hybridized carbons (Fsp3) is 0.500. The normalized spacial score (nSPS) is 21.7. The van der Waals surface area contributed by atoms with Crippen LogP contribution in [0.4, 0.5) is 5.69 Å². The first-order chi connectivity index (χ1) is 6.45. The highest BCUT2D eigenvalue weighted by Gasteiger charge is 2.13. The Bertz CT molecular complexity index is 242. The Morgan fingerprint density at radius 3 is 3.31 bits per heavy atom. The Hall–Kier alpha value is -1.09. The topological polar surface area (TPSA) is 37.0 Å². The molecule has 3 heteroatoms. The second-order valence-corrected chi connectivity index (χ2v) is 3.48. The van der Waals surface area contributed by atoms with E-state index >= 15 is 0 Å². The van der Waals surface area contributed by atoms with Crippen LogP contribution in [-0.4, -0.2) is 24.6 Å². The molecular weight excluding hydrogens is 162 g/mol. The van der Waals surface area contributed by atoms with Crippen LogP contribution in [-0.2, 0) is 0 Å². The molecule has 1 aromatic heterocycles. The highest BCUT2D eigenvalue weighted by atomic mass is 14.9. The highest BCUT2D eigenvalue weighted by molar-refractivity contribution is 5.39. The number of nitrogens with one attached hydrogen (secondary N) is 2. The number of pyridine rings is 1. The molecule has 1 atom stereocenters. The lowest BCUT2D eigenvalue weighted by atomic mass is 10.1. The molecule has 2 heterocycles. The smallest absolute Gasteiger partial charge is 0.0526 e. The Labute approximate surface area is 78.6 Å². The molecule has 2 rings (SSSR count). The number of nitrogens with zero attached hydrogens (tertiary/aromatic N) is 1. The van der Waals surface area contributed by atoms with E-state index in [-0.39, 0.29) is 0 Å². The van der Waals surface area contributed by atoms with E-state index in [1.165, 1.54) is 13.0 Å². The van der Waals surface area contributed by atoms with Gasteiger partial charge in [0, 0.05) is 18.9 Å². The zero-order chi connectivity index (χ0) is 8.93. The highest BCUT2D eigenvalue weighted by Crippen LogP contribution is 2.09. The summed E-state index contributed by atoms with van der Waals surface area (Å²) in [7, 11) is 0. The van der Waals surface area contributed by atoms with Gasteiger partial charge in [0.2, 0.25) is 0 Å². The van der Waals surface area contributed by atoms with E-state index in [1.54, 1.807) is 6.20 Å². The zero-order valence-corrected chi connectivity index (χ0v) is 7.66. The lowest BCUT2D eigenvalue weighted by molar-refractivity contribution is 0.615. The average Bonchev–Trinajstić information content (AvgIpc) is 2.69. The summed E-state index contributed by atoms with van der Waals surface area (Å²) in [4.78, 5) is 4.05. The van der Waals surface area contributed by atoms with Crippen LogP contribution >= 0.6 is 0 Å². The van der Waals surface area contributed by atoms with Gasteiger partial charge in [-0.2, -0.15) is 0 Å². The monoisotopic (exact) mass is 177 g/mol. The minimum Gasteiger partial charge on any atom is -0.383 e. The Morgan fingerprint density at radius 1 is 1.62 bits per heavy atom. The van der Waals surface area contributed by atoms with Crippen molar-refractivity contribution in [1.82, 2.24) is 10.3 Å². The predicted octanol–water partition coefficient (Wildman–Crippen LogP) is 1.10. The molecule has 0 aromatic carbocycles. The molecule has 1 saturated heterocycles. The van der Waals surface area contributed by atoms with Crippen molar-refractivity contribution in [3.8, 4) is 0 Å². The summed E-state index contributed by atoms with van der Waals surface area (Å²) in [6.45, 7) is 3.37. The Morgan fingerprint density at radius 2 is 2.62 bits per heavy atom. The first-order valence-corrected chi connectivity index (χ1v) is 4.80. The Kier molecular flexibility index (Phi) is 2.77. The van der Waals surface area contributed by atoms with Crippen molar-refractivity contribution in [2.24, 2.45) is 5.92 Å². The minimum absolute atomic E-state index is 0.778. The summed E-state index contributed by atoms with van der Waals surface area (Å²) in [6, 6.07) is 4.00. The standard InChI is InChI=1S/C10H15N3/c1-2-10(8-11-4-1)13-7-9-3-5-12-6-9/h1-2,4,8-9,12-13H,3,5-7H2. The van der Waals surface area contributed by atoms with E-state index in [9.17, 15) is 0 Å². The van der Waals surface area contributed by atoms with Gasteiger partial charge < -0.3 is 10.6 Å². The summed E-state index contributed by atoms with van der Waals surface area (Å²) in [5, 5.41) is 6.74. The lowest BCUT2D eigenvalue weighted by Crippen LogP contribution is -2.17. The van der Waals surface area contributed by atoms with Crippen LogP contribution in [0.2, 0.25) is 0 Å². The van der Waals surface area contributed by atoms with Crippen LogP contribution in [0.25, 0.3) is 0 Å². The summed E-state index contributed by atoms with van der Waals surface area (Å²) in [5.41, 5.74) is 1.12. The van der Waals surface area contributed by atoms with Crippen LogP contribution in [0.3, 0.4) is 0 Å².